The van der Waals surface area contributed by atoms with E-state index < -0.39 is 37.7 Å². The molecule has 0 fully saturated rings. The second kappa shape index (κ2) is 10.2. The SMILES string of the molecule is COC(=O)c1cccc(OC)c1Oc1ncc(Cl)cc1NS(=O)(=O)c1ccc(Cl)c(C(F)(F)F)c1. The van der Waals surface area contributed by atoms with E-state index in [1.807, 2.05) is 0 Å². The highest BCUT2D eigenvalue weighted by Crippen LogP contribution is 2.39. The van der Waals surface area contributed by atoms with E-state index in [4.69, 9.17) is 37.4 Å². The van der Waals surface area contributed by atoms with E-state index >= 15 is 0 Å². The van der Waals surface area contributed by atoms with Crippen LogP contribution in [0.4, 0.5) is 18.9 Å². The van der Waals surface area contributed by atoms with E-state index in [1.165, 1.54) is 25.3 Å². The zero-order valence-corrected chi connectivity index (χ0v) is 20.1. The largest absolute Gasteiger partial charge is 0.493 e. The number of hydrogen-bond donors (Lipinski definition) is 1. The molecule has 14 heteroatoms. The molecule has 0 spiro atoms. The topological polar surface area (TPSA) is 104 Å². The van der Waals surface area contributed by atoms with E-state index in [0.717, 1.165) is 31.5 Å². The molecular weight excluding hydrogens is 536 g/mol. The molecule has 1 aromatic heterocycles. The molecule has 3 aromatic rings. The number of hydrogen-bond acceptors (Lipinski definition) is 7. The van der Waals surface area contributed by atoms with Crippen molar-refractivity contribution in [2.45, 2.75) is 11.1 Å². The quantitative estimate of drug-likeness (QED) is 0.371. The number of nitrogens with zero attached hydrogens (tertiary/aromatic N) is 1. The molecule has 0 saturated carbocycles. The number of para-hydroxylation sites is 1. The number of ether oxygens (including phenoxy) is 3. The van der Waals surface area contributed by atoms with Gasteiger partial charge >= 0.3 is 12.1 Å². The van der Waals surface area contributed by atoms with E-state index in [2.05, 4.69) is 9.71 Å². The Morgan fingerprint density at radius 3 is 2.43 bits per heavy atom. The van der Waals surface area contributed by atoms with Gasteiger partial charge in [0.05, 0.1) is 34.7 Å². The second-order valence-corrected chi connectivity index (χ2v) is 9.21. The lowest BCUT2D eigenvalue weighted by molar-refractivity contribution is -0.137. The van der Waals surface area contributed by atoms with Crippen molar-refractivity contribution in [1.29, 1.82) is 0 Å². The van der Waals surface area contributed by atoms with Crippen LogP contribution >= 0.6 is 23.2 Å². The molecule has 0 unspecified atom stereocenters. The van der Waals surface area contributed by atoms with Gasteiger partial charge in [0.15, 0.2) is 11.5 Å². The average Bonchev–Trinajstić information content (AvgIpc) is 2.79. The van der Waals surface area contributed by atoms with Gasteiger partial charge in [-0.05, 0) is 36.4 Å². The van der Waals surface area contributed by atoms with E-state index in [0.29, 0.717) is 6.07 Å². The monoisotopic (exact) mass is 550 g/mol. The number of carbonyl (C=O) groups excluding carboxylic acids is 1. The highest BCUT2D eigenvalue weighted by atomic mass is 35.5. The first kappa shape index (κ1) is 26.4. The smallest absolute Gasteiger partial charge is 0.417 e. The Balaban J connectivity index is 2.07. The first-order valence-corrected chi connectivity index (χ1v) is 11.6. The Labute approximate surface area is 207 Å². The third kappa shape index (κ3) is 5.89. The van der Waals surface area contributed by atoms with Crippen LogP contribution in [0.15, 0.2) is 53.6 Å². The Bertz CT molecular complexity index is 1380. The number of anilines is 1. The number of aromatic nitrogens is 1. The lowest BCUT2D eigenvalue weighted by atomic mass is 10.2. The lowest BCUT2D eigenvalue weighted by Crippen LogP contribution is -2.16. The zero-order chi connectivity index (χ0) is 26.0. The fourth-order valence-corrected chi connectivity index (χ4v) is 4.28. The highest BCUT2D eigenvalue weighted by Gasteiger charge is 2.34. The van der Waals surface area contributed by atoms with E-state index in [9.17, 15) is 26.4 Å². The summed E-state index contributed by atoms with van der Waals surface area (Å²) in [6.07, 6.45) is -3.76. The van der Waals surface area contributed by atoms with Gasteiger partial charge in [-0.25, -0.2) is 18.2 Å². The number of pyridine rings is 1. The standard InChI is InChI=1S/C21H15Cl2F3N2O6S/c1-32-17-5-3-4-13(20(29)33-2)18(17)34-19-16(8-11(22)10-27-19)28-35(30,31)12-6-7-15(23)14(9-12)21(24,25)26/h3-10,28H,1-2H3. The van der Waals surface area contributed by atoms with Crippen LogP contribution in [-0.2, 0) is 20.9 Å². The van der Waals surface area contributed by atoms with Gasteiger partial charge in [-0.2, -0.15) is 13.2 Å². The molecule has 0 aliphatic heterocycles. The van der Waals surface area contributed by atoms with Gasteiger partial charge in [0.2, 0.25) is 5.88 Å². The van der Waals surface area contributed by atoms with Crippen LogP contribution in [0.2, 0.25) is 10.0 Å². The minimum absolute atomic E-state index is 0.0182. The number of benzene rings is 2. The van der Waals surface area contributed by atoms with Crippen molar-refractivity contribution in [1.82, 2.24) is 4.98 Å². The third-order valence-electron chi connectivity index (χ3n) is 4.42. The summed E-state index contributed by atoms with van der Waals surface area (Å²) >= 11 is 11.5. The Morgan fingerprint density at radius 1 is 1.09 bits per heavy atom. The van der Waals surface area contributed by atoms with E-state index in [1.54, 1.807) is 0 Å². The molecule has 35 heavy (non-hydrogen) atoms. The summed E-state index contributed by atoms with van der Waals surface area (Å²) < 4.78 is 83.2. The summed E-state index contributed by atoms with van der Waals surface area (Å²) in [6.45, 7) is 0. The van der Waals surface area contributed by atoms with Gasteiger partial charge < -0.3 is 14.2 Å². The minimum atomic E-state index is -4.89. The van der Waals surface area contributed by atoms with Crippen LogP contribution in [0.25, 0.3) is 0 Å². The van der Waals surface area contributed by atoms with Gasteiger partial charge in [-0.1, -0.05) is 29.3 Å². The number of methoxy groups -OCH3 is 2. The van der Waals surface area contributed by atoms with Crippen molar-refractivity contribution in [3.8, 4) is 17.4 Å². The maximum Gasteiger partial charge on any atom is 0.417 e. The van der Waals surface area contributed by atoms with Gasteiger partial charge in [0, 0.05) is 6.20 Å². The number of esters is 1. The van der Waals surface area contributed by atoms with Crippen LogP contribution in [-0.4, -0.2) is 33.6 Å². The number of sulfonamides is 1. The van der Waals surface area contributed by atoms with E-state index in [-0.39, 0.29) is 33.7 Å². The zero-order valence-electron chi connectivity index (χ0n) is 17.8. The molecule has 0 radical (unpaired) electrons. The van der Waals surface area contributed by atoms with Crippen molar-refractivity contribution < 1.29 is 40.6 Å². The maximum absolute atomic E-state index is 13.2. The number of carbonyl (C=O) groups is 1. The van der Waals surface area contributed by atoms with Crippen LogP contribution in [0.3, 0.4) is 0 Å². The Kier molecular flexibility index (Phi) is 7.68. The summed E-state index contributed by atoms with van der Waals surface area (Å²) in [7, 11) is -2.15. The fourth-order valence-electron chi connectivity index (χ4n) is 2.82. The maximum atomic E-state index is 13.2. The molecule has 0 amide bonds. The summed E-state index contributed by atoms with van der Waals surface area (Å²) in [5.74, 6) is -1.22. The van der Waals surface area contributed by atoms with Crippen LogP contribution in [0, 0.1) is 0 Å². The molecule has 186 valence electrons. The number of halogens is 5. The summed E-state index contributed by atoms with van der Waals surface area (Å²) in [4.78, 5) is 15.4. The number of rotatable bonds is 7. The van der Waals surface area contributed by atoms with Crippen molar-refractivity contribution in [3.05, 3.63) is 69.8 Å². The van der Waals surface area contributed by atoms with Crippen LogP contribution < -0.4 is 14.2 Å². The third-order valence-corrected chi connectivity index (χ3v) is 6.32. The highest BCUT2D eigenvalue weighted by molar-refractivity contribution is 7.92. The molecule has 0 aliphatic rings. The van der Waals surface area contributed by atoms with Crippen molar-refractivity contribution in [2.75, 3.05) is 18.9 Å². The van der Waals surface area contributed by atoms with Crippen molar-refractivity contribution in [3.63, 3.8) is 0 Å². The average molecular weight is 551 g/mol. The van der Waals surface area contributed by atoms with Gasteiger partial charge in [-0.15, -0.1) is 0 Å². The molecule has 0 atom stereocenters. The first-order chi connectivity index (χ1) is 16.4. The summed E-state index contributed by atoms with van der Waals surface area (Å²) in [5, 5.41) is -0.688. The van der Waals surface area contributed by atoms with Gasteiger partial charge in [-0.3, -0.25) is 4.72 Å². The molecule has 0 saturated heterocycles. The Morgan fingerprint density at radius 2 is 1.80 bits per heavy atom. The second-order valence-electron chi connectivity index (χ2n) is 6.68. The molecule has 0 bridgehead atoms. The molecule has 0 aliphatic carbocycles. The molecule has 1 heterocycles. The van der Waals surface area contributed by atoms with Crippen LogP contribution in [0.5, 0.6) is 17.4 Å². The summed E-state index contributed by atoms with van der Waals surface area (Å²) in [5.41, 5.74) is -1.73. The molecule has 1 N–H and O–H groups in total. The fraction of sp³-hybridized carbons (Fsp3) is 0.143. The molecule has 2 aromatic carbocycles. The molecule has 8 nitrogen and oxygen atoms in total. The number of nitrogens with one attached hydrogen (secondary N) is 1. The summed E-state index contributed by atoms with van der Waals surface area (Å²) in [6, 6.07) is 7.55. The number of alkyl halides is 3. The van der Waals surface area contributed by atoms with Crippen molar-refractivity contribution in [2.24, 2.45) is 0 Å². The first-order valence-electron chi connectivity index (χ1n) is 9.35. The van der Waals surface area contributed by atoms with Crippen molar-refractivity contribution >= 4 is 44.9 Å². The van der Waals surface area contributed by atoms with Gasteiger partial charge in [0.1, 0.15) is 11.3 Å². The lowest BCUT2D eigenvalue weighted by Gasteiger charge is -2.17. The van der Waals surface area contributed by atoms with Crippen LogP contribution in [0.1, 0.15) is 15.9 Å². The molecule has 3 rings (SSSR count). The predicted octanol–water partition coefficient (Wildman–Crippen LogP) is 5.80. The Hall–Kier alpha value is -3.22. The molecular formula is C21H15Cl2F3N2O6S. The minimum Gasteiger partial charge on any atom is -0.493 e. The normalized spacial score (nSPS) is 11.6. The van der Waals surface area contributed by atoms with Gasteiger partial charge in [0.25, 0.3) is 10.0 Å². The predicted molar refractivity (Wildman–Crippen MR) is 121 cm³/mol.